The van der Waals surface area contributed by atoms with Gasteiger partial charge in [-0.2, -0.15) is 0 Å². The van der Waals surface area contributed by atoms with Crippen molar-refractivity contribution in [3.8, 4) is 0 Å². The number of carboxylic acids is 1. The van der Waals surface area contributed by atoms with Crippen LogP contribution in [0.5, 0.6) is 0 Å². The Kier molecular flexibility index (Phi) is 6.73. The zero-order valence-electron chi connectivity index (χ0n) is 16.4. The molecule has 0 aromatic carbocycles. The number of carboxylic acid groups (broad SMARTS) is 1. The molecule has 1 atom stereocenters. The molecular weight excluding hydrogens is 382 g/mol. The highest BCUT2D eigenvalue weighted by Crippen LogP contribution is 2.35. The fourth-order valence-electron chi connectivity index (χ4n) is 3.31. The molecule has 0 spiro atoms. The Hall–Kier alpha value is -3.05. The first-order valence-corrected chi connectivity index (χ1v) is 10.5. The van der Waals surface area contributed by atoms with Crippen LogP contribution in [0, 0.1) is 0 Å². The van der Waals surface area contributed by atoms with Crippen LogP contribution in [0.15, 0.2) is 89.4 Å². The van der Waals surface area contributed by atoms with Gasteiger partial charge in [0.1, 0.15) is 0 Å². The summed E-state index contributed by atoms with van der Waals surface area (Å²) in [4.78, 5) is 12.6. The third kappa shape index (κ3) is 5.06. The molecule has 1 aromatic rings. The molecule has 1 unspecified atom stereocenters. The molecule has 0 saturated carbocycles. The van der Waals surface area contributed by atoms with E-state index in [1.807, 2.05) is 23.6 Å². The molecule has 3 rings (SSSR count). The number of rotatable bonds is 7. The first-order chi connectivity index (χ1) is 14.0. The number of allylic oxidation sites excluding steroid dienone is 9. The molecule has 2 heterocycles. The second-order valence-electron chi connectivity index (χ2n) is 6.89. The van der Waals surface area contributed by atoms with E-state index in [9.17, 15) is 15.0 Å². The van der Waals surface area contributed by atoms with Gasteiger partial charge in [0.25, 0.3) is 0 Å². The lowest BCUT2D eigenvalue weighted by molar-refractivity contribution is -0.297. The summed E-state index contributed by atoms with van der Waals surface area (Å²) in [5, 5.41) is 27.1. The number of thiophene rings is 1. The summed E-state index contributed by atoms with van der Waals surface area (Å²) < 4.78 is 0. The topological polar surface area (TPSA) is 72.4 Å². The van der Waals surface area contributed by atoms with E-state index in [4.69, 9.17) is 0 Å². The zero-order valence-corrected chi connectivity index (χ0v) is 17.2. The highest BCUT2D eigenvalue weighted by Gasteiger charge is 2.23. The first kappa shape index (κ1) is 20.7. The SMILES string of the molecule is C=C(/C=C1/C=CC=CN1)C([O-])=CCc1scc(C2C=CC(CC)=CC2)c1C(=O)O. The van der Waals surface area contributed by atoms with E-state index < -0.39 is 5.97 Å². The fourth-order valence-corrected chi connectivity index (χ4v) is 4.37. The van der Waals surface area contributed by atoms with Gasteiger partial charge in [0, 0.05) is 29.1 Å². The fraction of sp³-hybridized carbons (Fsp3) is 0.208. The Bertz CT molecular complexity index is 986. The molecule has 0 bridgehead atoms. The van der Waals surface area contributed by atoms with Crippen LogP contribution in [-0.2, 0) is 6.42 Å². The molecule has 0 radical (unpaired) electrons. The number of hydrogen-bond donors (Lipinski definition) is 2. The largest absolute Gasteiger partial charge is 0.872 e. The van der Waals surface area contributed by atoms with Gasteiger partial charge in [0.2, 0.25) is 0 Å². The molecular formula is C24H24NO3S-. The second-order valence-corrected chi connectivity index (χ2v) is 7.85. The minimum absolute atomic E-state index is 0.0639. The van der Waals surface area contributed by atoms with E-state index in [1.54, 1.807) is 12.3 Å². The Morgan fingerprint density at radius 2 is 2.24 bits per heavy atom. The minimum Gasteiger partial charge on any atom is -0.872 e. The van der Waals surface area contributed by atoms with Crippen LogP contribution >= 0.6 is 11.3 Å². The smallest absolute Gasteiger partial charge is 0.337 e. The van der Waals surface area contributed by atoms with Crippen molar-refractivity contribution in [2.24, 2.45) is 0 Å². The van der Waals surface area contributed by atoms with Crippen molar-refractivity contribution in [3.05, 3.63) is 105 Å². The molecule has 0 saturated heterocycles. The van der Waals surface area contributed by atoms with Gasteiger partial charge in [-0.05, 0) is 47.6 Å². The summed E-state index contributed by atoms with van der Waals surface area (Å²) in [6.45, 7) is 5.94. The van der Waals surface area contributed by atoms with E-state index in [0.29, 0.717) is 16.0 Å². The predicted molar refractivity (Wildman–Crippen MR) is 117 cm³/mol. The summed E-state index contributed by atoms with van der Waals surface area (Å²) in [6.07, 6.45) is 18.9. The highest BCUT2D eigenvalue weighted by molar-refractivity contribution is 7.10. The first-order valence-electron chi connectivity index (χ1n) is 9.58. The molecule has 0 fully saturated rings. The molecule has 2 N–H and O–H groups in total. The quantitative estimate of drug-likeness (QED) is 0.507. The van der Waals surface area contributed by atoms with Crippen molar-refractivity contribution >= 4 is 17.3 Å². The Morgan fingerprint density at radius 1 is 1.41 bits per heavy atom. The number of dihydropyridines is 1. The maximum absolute atomic E-state index is 12.4. The summed E-state index contributed by atoms with van der Waals surface area (Å²) >= 11 is 1.40. The Balaban J connectivity index is 1.76. The molecule has 150 valence electrons. The van der Waals surface area contributed by atoms with Crippen molar-refractivity contribution in [1.82, 2.24) is 5.32 Å². The number of aromatic carboxylic acids is 1. The van der Waals surface area contributed by atoms with Gasteiger partial charge >= 0.3 is 5.97 Å². The van der Waals surface area contributed by atoms with Gasteiger partial charge in [0.05, 0.1) is 5.56 Å². The van der Waals surface area contributed by atoms with Gasteiger partial charge in [-0.3, -0.25) is 0 Å². The Morgan fingerprint density at radius 3 is 2.86 bits per heavy atom. The van der Waals surface area contributed by atoms with Crippen LogP contribution < -0.4 is 10.4 Å². The van der Waals surface area contributed by atoms with Gasteiger partial charge in [0.15, 0.2) is 0 Å². The lowest BCUT2D eigenvalue weighted by Gasteiger charge is -2.16. The van der Waals surface area contributed by atoms with Crippen LogP contribution in [0.2, 0.25) is 0 Å². The standard InChI is InChI=1S/C24H25NO3S/c1-3-17-7-9-18(10-8-17)20-15-29-22(23(20)24(27)28)12-11-21(26)16(2)14-19-6-4-5-13-25-19/h4-9,11,13-15,18,25-26H,2-3,10,12H2,1H3,(H,27,28)/p-1/b19-14-,21-11?. The monoisotopic (exact) mass is 406 g/mol. The lowest BCUT2D eigenvalue weighted by Crippen LogP contribution is -2.10. The average Bonchev–Trinajstić information content (AvgIpc) is 3.17. The second kappa shape index (κ2) is 9.43. The van der Waals surface area contributed by atoms with Crippen LogP contribution in [-0.4, -0.2) is 11.1 Å². The molecule has 2 aliphatic rings. The lowest BCUT2D eigenvalue weighted by atomic mass is 9.88. The average molecular weight is 407 g/mol. The predicted octanol–water partition coefficient (Wildman–Crippen LogP) is 4.73. The summed E-state index contributed by atoms with van der Waals surface area (Å²) in [6, 6.07) is 0. The van der Waals surface area contributed by atoms with Crippen molar-refractivity contribution in [2.45, 2.75) is 32.1 Å². The van der Waals surface area contributed by atoms with Gasteiger partial charge in [-0.25, -0.2) is 4.79 Å². The van der Waals surface area contributed by atoms with Gasteiger partial charge < -0.3 is 15.5 Å². The van der Waals surface area contributed by atoms with E-state index in [2.05, 4.69) is 37.0 Å². The number of nitrogens with one attached hydrogen (secondary N) is 1. The van der Waals surface area contributed by atoms with Crippen molar-refractivity contribution in [2.75, 3.05) is 0 Å². The van der Waals surface area contributed by atoms with Gasteiger partial charge in [-0.1, -0.05) is 49.5 Å². The summed E-state index contributed by atoms with van der Waals surface area (Å²) in [7, 11) is 0. The van der Waals surface area contributed by atoms with E-state index in [0.717, 1.165) is 24.1 Å². The summed E-state index contributed by atoms with van der Waals surface area (Å²) in [5.74, 6) is -1.09. The molecule has 4 nitrogen and oxygen atoms in total. The van der Waals surface area contributed by atoms with Crippen LogP contribution in [0.25, 0.3) is 0 Å². The third-order valence-corrected chi connectivity index (χ3v) is 5.97. The molecule has 1 aliphatic heterocycles. The van der Waals surface area contributed by atoms with Crippen molar-refractivity contribution in [1.29, 1.82) is 0 Å². The molecule has 5 heteroatoms. The maximum Gasteiger partial charge on any atom is 0.337 e. The molecule has 1 aromatic heterocycles. The van der Waals surface area contributed by atoms with Crippen molar-refractivity contribution < 1.29 is 15.0 Å². The minimum atomic E-state index is -0.944. The summed E-state index contributed by atoms with van der Waals surface area (Å²) in [5.41, 5.74) is 3.57. The Labute approximate surface area is 175 Å². The number of carbonyl (C=O) groups is 1. The molecule has 29 heavy (non-hydrogen) atoms. The molecule has 0 amide bonds. The highest BCUT2D eigenvalue weighted by atomic mass is 32.1. The van der Waals surface area contributed by atoms with E-state index >= 15 is 0 Å². The zero-order chi connectivity index (χ0) is 20.8. The van der Waals surface area contributed by atoms with Gasteiger partial charge in [-0.15, -0.1) is 17.1 Å². The van der Waals surface area contributed by atoms with E-state index in [1.165, 1.54) is 23.0 Å². The normalized spacial score (nSPS) is 19.9. The van der Waals surface area contributed by atoms with Crippen LogP contribution in [0.4, 0.5) is 0 Å². The maximum atomic E-state index is 12.4. The number of hydrogen-bond acceptors (Lipinski definition) is 4. The van der Waals surface area contributed by atoms with Crippen LogP contribution in [0.1, 0.15) is 46.5 Å². The van der Waals surface area contributed by atoms with Crippen LogP contribution in [0.3, 0.4) is 0 Å². The third-order valence-electron chi connectivity index (χ3n) is 4.95. The van der Waals surface area contributed by atoms with Crippen molar-refractivity contribution in [3.63, 3.8) is 0 Å². The van der Waals surface area contributed by atoms with E-state index in [-0.39, 0.29) is 18.1 Å². The molecule has 1 aliphatic carbocycles.